The first-order chi connectivity index (χ1) is 7.93. The first kappa shape index (κ1) is 8.05. The molecule has 0 fully saturated rings. The van der Waals surface area contributed by atoms with E-state index in [1.165, 1.54) is 21.9 Å². The van der Waals surface area contributed by atoms with Gasteiger partial charge in [-0.2, -0.15) is 0 Å². The van der Waals surface area contributed by atoms with E-state index >= 15 is 0 Å². The van der Waals surface area contributed by atoms with Crippen LogP contribution in [0.4, 0.5) is 0 Å². The van der Waals surface area contributed by atoms with Crippen LogP contribution in [0.1, 0.15) is 5.69 Å². The maximum atomic E-state index is 4.42. The lowest BCUT2D eigenvalue weighted by Crippen LogP contribution is -1.97. The predicted octanol–water partition coefficient (Wildman–Crippen LogP) is 2.58. The molecule has 3 heterocycles. The number of aromatic nitrogens is 2. The molecule has 3 heteroatoms. The fraction of sp³-hybridized carbons (Fsp3) is 0.0769. The summed E-state index contributed by atoms with van der Waals surface area (Å²) in [6.07, 6.45) is 5.88. The number of nitrogens with zero attached hydrogens (tertiary/aromatic N) is 3. The summed E-state index contributed by atoms with van der Waals surface area (Å²) in [5.74, 6) is 0. The van der Waals surface area contributed by atoms with Crippen molar-refractivity contribution in [3.63, 3.8) is 0 Å². The van der Waals surface area contributed by atoms with Gasteiger partial charge in [0, 0.05) is 34.8 Å². The van der Waals surface area contributed by atoms with Crippen molar-refractivity contribution in [3.05, 3.63) is 42.4 Å². The largest absolute Gasteiger partial charge is 0.326 e. The molecule has 1 aromatic carbocycles. The molecule has 2 aromatic heterocycles. The highest BCUT2D eigenvalue weighted by Crippen LogP contribution is 2.27. The number of benzene rings is 1. The summed E-state index contributed by atoms with van der Waals surface area (Å²) in [6, 6.07) is 8.45. The van der Waals surface area contributed by atoms with Gasteiger partial charge in [0.1, 0.15) is 6.67 Å². The van der Waals surface area contributed by atoms with Crippen LogP contribution >= 0.6 is 0 Å². The third-order valence-corrected chi connectivity index (χ3v) is 3.16. The Labute approximate surface area is 92.1 Å². The van der Waals surface area contributed by atoms with E-state index < -0.39 is 0 Å². The molecule has 1 aliphatic heterocycles. The monoisotopic (exact) mass is 207 g/mol. The lowest BCUT2D eigenvalue weighted by atomic mass is 10.1. The zero-order valence-corrected chi connectivity index (χ0v) is 8.59. The van der Waals surface area contributed by atoms with E-state index in [4.69, 9.17) is 0 Å². The molecule has 3 aromatic rings. The molecule has 0 bridgehead atoms. The summed E-state index contributed by atoms with van der Waals surface area (Å²) in [6.45, 7) is 0.734. The Kier molecular flexibility index (Phi) is 1.36. The van der Waals surface area contributed by atoms with Crippen LogP contribution in [0.15, 0.2) is 41.7 Å². The van der Waals surface area contributed by atoms with Gasteiger partial charge in [0.05, 0.1) is 11.2 Å². The zero-order chi connectivity index (χ0) is 10.5. The van der Waals surface area contributed by atoms with Gasteiger partial charge in [-0.15, -0.1) is 0 Å². The smallest absolute Gasteiger partial charge is 0.114 e. The molecule has 0 saturated heterocycles. The van der Waals surface area contributed by atoms with Crippen molar-refractivity contribution in [1.29, 1.82) is 0 Å². The van der Waals surface area contributed by atoms with Gasteiger partial charge in [-0.1, -0.05) is 12.1 Å². The van der Waals surface area contributed by atoms with Crippen molar-refractivity contribution in [2.24, 2.45) is 4.99 Å². The summed E-state index contributed by atoms with van der Waals surface area (Å²) in [4.78, 5) is 8.71. The molecule has 0 unspecified atom stereocenters. The Hall–Kier alpha value is -2.16. The lowest BCUT2D eigenvalue weighted by molar-refractivity contribution is 0.760. The van der Waals surface area contributed by atoms with Gasteiger partial charge in [-0.3, -0.25) is 9.98 Å². The molecular formula is C13H9N3. The Bertz CT molecular complexity index is 737. The SMILES string of the molecule is C1=NCn2ccc3c(ccc4ccnc43)c21. The number of hydrogen-bond acceptors (Lipinski definition) is 2. The van der Waals surface area contributed by atoms with Gasteiger partial charge in [0.25, 0.3) is 0 Å². The molecule has 0 N–H and O–H groups in total. The fourth-order valence-electron chi connectivity index (χ4n) is 2.37. The van der Waals surface area contributed by atoms with Crippen molar-refractivity contribution in [1.82, 2.24) is 9.55 Å². The standard InChI is InChI=1S/C13H9N3/c1-2-10-11(13-9(1)3-5-15-13)4-6-16-8-14-7-12(10)16/h1-7H,8H2. The number of pyridine rings is 1. The maximum absolute atomic E-state index is 4.42. The average molecular weight is 207 g/mol. The lowest BCUT2D eigenvalue weighted by Gasteiger charge is -2.06. The molecule has 76 valence electrons. The number of aliphatic imine (C=N–C) groups is 1. The summed E-state index contributed by atoms with van der Waals surface area (Å²) < 4.78 is 2.15. The minimum absolute atomic E-state index is 0.734. The topological polar surface area (TPSA) is 30.2 Å². The highest BCUT2D eigenvalue weighted by atomic mass is 15.1. The van der Waals surface area contributed by atoms with E-state index in [0.29, 0.717) is 0 Å². The highest BCUT2D eigenvalue weighted by Gasteiger charge is 2.10. The van der Waals surface area contributed by atoms with Gasteiger partial charge >= 0.3 is 0 Å². The second kappa shape index (κ2) is 2.70. The fourth-order valence-corrected chi connectivity index (χ4v) is 2.37. The Morgan fingerprint density at radius 1 is 1.06 bits per heavy atom. The first-order valence-electron chi connectivity index (χ1n) is 5.30. The molecule has 0 amide bonds. The summed E-state index contributed by atoms with van der Waals surface area (Å²) in [5.41, 5.74) is 2.27. The van der Waals surface area contributed by atoms with Crippen LogP contribution < -0.4 is 0 Å². The maximum Gasteiger partial charge on any atom is 0.114 e. The van der Waals surface area contributed by atoms with Gasteiger partial charge < -0.3 is 4.57 Å². The quantitative estimate of drug-likeness (QED) is 0.557. The molecular weight excluding hydrogens is 198 g/mol. The van der Waals surface area contributed by atoms with E-state index in [0.717, 1.165) is 12.2 Å². The number of rotatable bonds is 0. The Balaban J connectivity index is 2.28. The van der Waals surface area contributed by atoms with Crippen LogP contribution in [0, 0.1) is 0 Å². The van der Waals surface area contributed by atoms with Crippen LogP contribution in [0.2, 0.25) is 0 Å². The minimum atomic E-state index is 0.734. The van der Waals surface area contributed by atoms with Crippen molar-refractivity contribution in [2.75, 3.05) is 0 Å². The van der Waals surface area contributed by atoms with E-state index in [9.17, 15) is 0 Å². The number of hydrogen-bond donors (Lipinski definition) is 0. The van der Waals surface area contributed by atoms with Crippen molar-refractivity contribution in [3.8, 4) is 0 Å². The summed E-state index contributed by atoms with van der Waals surface area (Å²) >= 11 is 0. The first-order valence-corrected chi connectivity index (χ1v) is 5.30. The second-order valence-corrected chi connectivity index (χ2v) is 4.03. The van der Waals surface area contributed by atoms with Gasteiger partial charge in [-0.25, -0.2) is 0 Å². The minimum Gasteiger partial charge on any atom is -0.326 e. The van der Waals surface area contributed by atoms with Gasteiger partial charge in [-0.05, 0) is 12.1 Å². The van der Waals surface area contributed by atoms with E-state index in [1.807, 2.05) is 18.5 Å². The van der Waals surface area contributed by atoms with E-state index in [2.05, 4.69) is 38.9 Å². The second-order valence-electron chi connectivity index (χ2n) is 4.03. The zero-order valence-electron chi connectivity index (χ0n) is 8.59. The molecule has 3 nitrogen and oxygen atoms in total. The van der Waals surface area contributed by atoms with Gasteiger partial charge in [0.15, 0.2) is 0 Å². The Morgan fingerprint density at radius 2 is 2.06 bits per heavy atom. The highest BCUT2D eigenvalue weighted by molar-refractivity contribution is 6.10. The molecule has 1 aliphatic rings. The van der Waals surface area contributed by atoms with Crippen molar-refractivity contribution >= 4 is 27.9 Å². The van der Waals surface area contributed by atoms with Crippen LogP contribution in [0.25, 0.3) is 21.7 Å². The predicted molar refractivity (Wildman–Crippen MR) is 64.8 cm³/mol. The molecule has 0 spiro atoms. The molecule has 16 heavy (non-hydrogen) atoms. The molecule has 0 aliphatic carbocycles. The number of fused-ring (bicyclic) bond motifs is 5. The van der Waals surface area contributed by atoms with Crippen LogP contribution in [-0.2, 0) is 6.67 Å². The third kappa shape index (κ3) is 0.877. The Morgan fingerprint density at radius 3 is 3.06 bits per heavy atom. The summed E-state index contributed by atoms with van der Waals surface area (Å²) in [5, 5.41) is 3.64. The molecule has 0 atom stereocenters. The van der Waals surface area contributed by atoms with E-state index in [1.54, 1.807) is 0 Å². The molecule has 0 saturated carbocycles. The van der Waals surface area contributed by atoms with E-state index in [-0.39, 0.29) is 0 Å². The van der Waals surface area contributed by atoms with Crippen LogP contribution in [0.5, 0.6) is 0 Å². The third-order valence-electron chi connectivity index (χ3n) is 3.16. The van der Waals surface area contributed by atoms with Crippen LogP contribution in [0.3, 0.4) is 0 Å². The average Bonchev–Trinajstić information content (AvgIpc) is 2.96. The van der Waals surface area contributed by atoms with Crippen molar-refractivity contribution in [2.45, 2.75) is 6.67 Å². The summed E-state index contributed by atoms with van der Waals surface area (Å²) in [7, 11) is 0. The normalized spacial score (nSPS) is 13.8. The molecule has 0 radical (unpaired) electrons. The van der Waals surface area contributed by atoms with Crippen molar-refractivity contribution < 1.29 is 0 Å². The van der Waals surface area contributed by atoms with Gasteiger partial charge in [0.2, 0.25) is 0 Å². The molecule has 4 rings (SSSR count). The van der Waals surface area contributed by atoms with Crippen LogP contribution in [-0.4, -0.2) is 15.8 Å².